The molecule has 8 heteroatoms. The van der Waals surface area contributed by atoms with Crippen molar-refractivity contribution in [3.05, 3.63) is 63.7 Å². The average Bonchev–Trinajstić information content (AvgIpc) is 3.20. The number of hydrogen-bond donors (Lipinski definition) is 1. The van der Waals surface area contributed by atoms with E-state index in [1.165, 1.54) is 24.1 Å². The second-order valence-electron chi connectivity index (χ2n) is 6.53. The maximum atomic E-state index is 12.9. The Morgan fingerprint density at radius 2 is 2.04 bits per heavy atom. The van der Waals surface area contributed by atoms with Crippen LogP contribution in [0.5, 0.6) is 11.5 Å². The zero-order valence-corrected chi connectivity index (χ0v) is 15.5. The first-order valence-corrected chi connectivity index (χ1v) is 9.00. The third-order valence-corrected chi connectivity index (χ3v) is 4.79. The number of carbonyl (C=O) groups is 1. The van der Waals surface area contributed by atoms with E-state index >= 15 is 0 Å². The monoisotopic (exact) mass is 386 g/mol. The minimum atomic E-state index is -0.605. The molecule has 0 spiro atoms. The van der Waals surface area contributed by atoms with Crippen molar-refractivity contribution in [2.24, 2.45) is 0 Å². The van der Waals surface area contributed by atoms with Crippen LogP contribution in [0.4, 0.5) is 5.69 Å². The third-order valence-electron chi connectivity index (χ3n) is 4.79. The van der Waals surface area contributed by atoms with Crippen molar-refractivity contribution in [2.75, 3.05) is 20.3 Å². The van der Waals surface area contributed by atoms with Crippen molar-refractivity contribution in [1.82, 2.24) is 4.90 Å². The highest BCUT2D eigenvalue weighted by atomic mass is 16.6. The lowest BCUT2D eigenvalue weighted by molar-refractivity contribution is -0.385. The lowest BCUT2D eigenvalue weighted by Gasteiger charge is -2.23. The molecule has 1 N–H and O–H groups in total. The fourth-order valence-corrected chi connectivity index (χ4v) is 3.33. The highest BCUT2D eigenvalue weighted by Crippen LogP contribution is 2.36. The van der Waals surface area contributed by atoms with Gasteiger partial charge in [-0.1, -0.05) is 30.3 Å². The number of ether oxygens (including phenoxy) is 2. The maximum absolute atomic E-state index is 12.9. The quantitative estimate of drug-likeness (QED) is 0.580. The molecule has 0 aromatic heterocycles. The van der Waals surface area contributed by atoms with Gasteiger partial charge in [0.1, 0.15) is 12.2 Å². The molecule has 8 nitrogen and oxygen atoms in total. The summed E-state index contributed by atoms with van der Waals surface area (Å²) < 4.78 is 11.0. The molecule has 1 saturated heterocycles. The van der Waals surface area contributed by atoms with E-state index in [0.717, 1.165) is 12.0 Å². The minimum absolute atomic E-state index is 0.0748. The Morgan fingerprint density at radius 3 is 2.68 bits per heavy atom. The van der Waals surface area contributed by atoms with Crippen molar-refractivity contribution in [2.45, 2.75) is 25.5 Å². The first-order chi connectivity index (χ1) is 13.5. The molecule has 0 saturated carbocycles. The molecule has 3 rings (SSSR count). The van der Waals surface area contributed by atoms with Gasteiger partial charge in [0.25, 0.3) is 11.6 Å². The van der Waals surface area contributed by atoms with Crippen molar-refractivity contribution >= 4 is 11.6 Å². The van der Waals surface area contributed by atoms with Crippen LogP contribution in [0.25, 0.3) is 0 Å². The summed E-state index contributed by atoms with van der Waals surface area (Å²) in [4.78, 5) is 25.4. The van der Waals surface area contributed by atoms with Gasteiger partial charge in [0.05, 0.1) is 30.7 Å². The van der Waals surface area contributed by atoms with Gasteiger partial charge in [-0.2, -0.15) is 0 Å². The van der Waals surface area contributed by atoms with Crippen molar-refractivity contribution in [3.8, 4) is 11.5 Å². The van der Waals surface area contributed by atoms with Crippen LogP contribution < -0.4 is 9.47 Å². The number of nitro benzene ring substituents is 1. The molecule has 1 aliphatic heterocycles. The molecule has 1 amide bonds. The zero-order valence-electron chi connectivity index (χ0n) is 15.5. The number of benzene rings is 2. The first-order valence-electron chi connectivity index (χ1n) is 9.00. The predicted molar refractivity (Wildman–Crippen MR) is 102 cm³/mol. The SMILES string of the molecule is COc1cc(C(=O)N2CCCC2CO)c([N+](=O)[O-])cc1OCc1ccccc1. The normalized spacial score (nSPS) is 16.1. The lowest BCUT2D eigenvalue weighted by atomic mass is 10.1. The minimum Gasteiger partial charge on any atom is -0.493 e. The van der Waals surface area contributed by atoms with Crippen LogP contribution in [-0.2, 0) is 6.61 Å². The van der Waals surface area contributed by atoms with Crippen LogP contribution in [0.2, 0.25) is 0 Å². The molecule has 1 heterocycles. The third kappa shape index (κ3) is 4.07. The summed E-state index contributed by atoms with van der Waals surface area (Å²) in [6.45, 7) is 0.491. The molecule has 0 radical (unpaired) electrons. The highest BCUT2D eigenvalue weighted by molar-refractivity contribution is 5.99. The van der Waals surface area contributed by atoms with Gasteiger partial charge < -0.3 is 19.5 Å². The molecule has 1 atom stereocenters. The van der Waals surface area contributed by atoms with E-state index in [4.69, 9.17) is 9.47 Å². The topological polar surface area (TPSA) is 102 Å². The van der Waals surface area contributed by atoms with Gasteiger partial charge >= 0.3 is 0 Å². The van der Waals surface area contributed by atoms with E-state index in [0.29, 0.717) is 13.0 Å². The second-order valence-corrected chi connectivity index (χ2v) is 6.53. The molecule has 0 aliphatic carbocycles. The largest absolute Gasteiger partial charge is 0.493 e. The Hall–Kier alpha value is -3.13. The predicted octanol–water partition coefficient (Wildman–Crippen LogP) is 2.78. The van der Waals surface area contributed by atoms with Crippen LogP contribution in [-0.4, -0.2) is 47.1 Å². The summed E-state index contributed by atoms with van der Waals surface area (Å²) in [7, 11) is 1.41. The molecule has 2 aromatic rings. The van der Waals surface area contributed by atoms with E-state index in [1.807, 2.05) is 30.3 Å². The Bertz CT molecular complexity index is 855. The van der Waals surface area contributed by atoms with E-state index in [2.05, 4.69) is 0 Å². The van der Waals surface area contributed by atoms with Crippen molar-refractivity contribution in [1.29, 1.82) is 0 Å². The maximum Gasteiger partial charge on any atom is 0.286 e. The van der Waals surface area contributed by atoms with Crippen LogP contribution in [0.1, 0.15) is 28.8 Å². The average molecular weight is 386 g/mol. The van der Waals surface area contributed by atoms with Crippen LogP contribution >= 0.6 is 0 Å². The van der Waals surface area contributed by atoms with Crippen LogP contribution in [0.3, 0.4) is 0 Å². The molecule has 1 fully saturated rings. The summed E-state index contributed by atoms with van der Waals surface area (Å²) in [5.41, 5.74) is 0.474. The fraction of sp³-hybridized carbons (Fsp3) is 0.350. The summed E-state index contributed by atoms with van der Waals surface area (Å²) in [5, 5.41) is 21.1. The number of nitrogens with zero attached hydrogens (tertiary/aromatic N) is 2. The standard InChI is InChI=1S/C20H22N2O6/c1-27-18-10-16(20(24)21-9-5-8-15(21)12-23)17(22(25)26)11-19(18)28-13-14-6-3-2-4-7-14/h2-4,6-7,10-11,15,23H,5,8-9,12-13H2,1H3. The summed E-state index contributed by atoms with van der Waals surface area (Å²) in [6, 6.07) is 11.6. The number of rotatable bonds is 7. The molecule has 148 valence electrons. The van der Waals surface area contributed by atoms with Crippen molar-refractivity contribution in [3.63, 3.8) is 0 Å². The van der Waals surface area contributed by atoms with Crippen LogP contribution in [0, 0.1) is 10.1 Å². The molecular formula is C20H22N2O6. The Balaban J connectivity index is 1.92. The Morgan fingerprint density at radius 1 is 1.29 bits per heavy atom. The molecular weight excluding hydrogens is 364 g/mol. The highest BCUT2D eigenvalue weighted by Gasteiger charge is 2.33. The number of hydrogen-bond acceptors (Lipinski definition) is 6. The number of nitro groups is 1. The van der Waals surface area contributed by atoms with Crippen LogP contribution in [0.15, 0.2) is 42.5 Å². The number of methoxy groups -OCH3 is 1. The fourth-order valence-electron chi connectivity index (χ4n) is 3.33. The Labute approximate surface area is 162 Å². The molecule has 28 heavy (non-hydrogen) atoms. The molecule has 1 unspecified atom stereocenters. The second kappa shape index (κ2) is 8.71. The number of aliphatic hydroxyl groups excluding tert-OH is 1. The zero-order chi connectivity index (χ0) is 20.1. The number of carbonyl (C=O) groups excluding carboxylic acids is 1. The summed E-state index contributed by atoms with van der Waals surface area (Å²) in [6.07, 6.45) is 1.42. The van der Waals surface area contributed by atoms with Gasteiger partial charge in [0, 0.05) is 12.6 Å². The van der Waals surface area contributed by atoms with Gasteiger partial charge in [0.2, 0.25) is 0 Å². The van der Waals surface area contributed by atoms with Gasteiger partial charge in [-0.25, -0.2) is 0 Å². The van der Waals surface area contributed by atoms with E-state index in [9.17, 15) is 20.0 Å². The molecule has 0 bridgehead atoms. The summed E-state index contributed by atoms with van der Waals surface area (Å²) in [5.74, 6) is -0.0597. The van der Waals surface area contributed by atoms with Gasteiger partial charge in [-0.3, -0.25) is 14.9 Å². The smallest absolute Gasteiger partial charge is 0.286 e. The molecule has 1 aliphatic rings. The van der Waals surface area contributed by atoms with Crippen molar-refractivity contribution < 1.29 is 24.3 Å². The number of amides is 1. The van der Waals surface area contributed by atoms with E-state index in [1.54, 1.807) is 0 Å². The first kappa shape index (κ1) is 19.6. The van der Waals surface area contributed by atoms with E-state index < -0.39 is 10.8 Å². The van der Waals surface area contributed by atoms with Gasteiger partial charge in [-0.15, -0.1) is 0 Å². The number of aliphatic hydroxyl groups is 1. The number of likely N-dealkylation sites (tertiary alicyclic amines) is 1. The van der Waals surface area contributed by atoms with Gasteiger partial charge in [0.15, 0.2) is 11.5 Å². The molecule has 2 aromatic carbocycles. The lowest BCUT2D eigenvalue weighted by Crippen LogP contribution is -2.37. The van der Waals surface area contributed by atoms with E-state index in [-0.39, 0.29) is 42.0 Å². The van der Waals surface area contributed by atoms with Gasteiger partial charge in [-0.05, 0) is 18.4 Å². The Kier molecular flexibility index (Phi) is 6.10. The summed E-state index contributed by atoms with van der Waals surface area (Å²) >= 11 is 0.